The fourth-order valence-corrected chi connectivity index (χ4v) is 5.88. The quantitative estimate of drug-likeness (QED) is 0.508. The number of hydrogen-bond acceptors (Lipinski definition) is 8. The zero-order chi connectivity index (χ0) is 22.7. The van der Waals surface area contributed by atoms with Crippen molar-refractivity contribution in [2.75, 3.05) is 42.1 Å². The van der Waals surface area contributed by atoms with Gasteiger partial charge in [-0.05, 0) is 30.3 Å². The number of rotatable bonds is 5. The molecule has 0 atom stereocenters. The number of para-hydroxylation sites is 1. The summed E-state index contributed by atoms with van der Waals surface area (Å²) in [5.74, 6) is -0.0400. The molecule has 1 saturated heterocycles. The smallest absolute Gasteiger partial charge is 0.238 e. The Bertz CT molecular complexity index is 1240. The number of nitrogens with zero attached hydrogens (tertiary/aromatic N) is 3. The molecule has 1 amide bonds. The number of thiazole rings is 1. The van der Waals surface area contributed by atoms with E-state index >= 15 is 0 Å². The van der Waals surface area contributed by atoms with E-state index in [1.807, 2.05) is 18.2 Å². The molecular weight excluding hydrogens is 487 g/mol. The van der Waals surface area contributed by atoms with Crippen molar-refractivity contribution >= 4 is 76.6 Å². The third kappa shape index (κ3) is 5.56. The van der Waals surface area contributed by atoms with Crippen LogP contribution in [0.25, 0.3) is 10.2 Å². The first-order valence-electron chi connectivity index (χ1n) is 9.74. The standard InChI is InChI=1S/C20H21N5O3S4/c21-32(27,28)15-6-7-16-17(12-15)31-19(22-16)23-18(26)13-30-20(29)25-10-8-24(9-11-25)14-4-2-1-3-5-14/h1-7,12H,8-11,13H2,(H2,21,27,28)(H,22,23,26). The number of thiocarbonyl (C=S) groups is 1. The Morgan fingerprint density at radius 1 is 1.16 bits per heavy atom. The zero-order valence-corrected chi connectivity index (χ0v) is 20.2. The summed E-state index contributed by atoms with van der Waals surface area (Å²) in [6.07, 6.45) is 0. The number of amides is 1. The Balaban J connectivity index is 1.27. The Morgan fingerprint density at radius 2 is 1.88 bits per heavy atom. The van der Waals surface area contributed by atoms with Gasteiger partial charge >= 0.3 is 0 Å². The van der Waals surface area contributed by atoms with Crippen LogP contribution < -0.4 is 15.4 Å². The molecule has 168 valence electrons. The Hall–Kier alpha value is -2.25. The summed E-state index contributed by atoms with van der Waals surface area (Å²) >= 11 is 8.05. The fourth-order valence-electron chi connectivity index (χ4n) is 3.30. The van der Waals surface area contributed by atoms with Gasteiger partial charge in [0.2, 0.25) is 15.9 Å². The van der Waals surface area contributed by atoms with Crippen LogP contribution in [-0.2, 0) is 14.8 Å². The largest absolute Gasteiger partial charge is 0.368 e. The molecule has 12 heteroatoms. The summed E-state index contributed by atoms with van der Waals surface area (Å²) in [6.45, 7) is 3.38. The lowest BCUT2D eigenvalue weighted by Crippen LogP contribution is -2.47. The van der Waals surface area contributed by atoms with E-state index in [1.165, 1.54) is 40.9 Å². The molecule has 3 N–H and O–H groups in total. The highest BCUT2D eigenvalue weighted by molar-refractivity contribution is 8.23. The van der Waals surface area contributed by atoms with E-state index in [0.717, 1.165) is 26.2 Å². The molecule has 0 saturated carbocycles. The average molecular weight is 508 g/mol. The van der Waals surface area contributed by atoms with Crippen LogP contribution in [0, 0.1) is 0 Å². The van der Waals surface area contributed by atoms with Gasteiger partial charge in [-0.1, -0.05) is 53.5 Å². The number of nitrogens with two attached hydrogens (primary N) is 1. The highest BCUT2D eigenvalue weighted by atomic mass is 32.2. The molecule has 0 bridgehead atoms. The first-order valence-corrected chi connectivity index (χ1v) is 13.5. The van der Waals surface area contributed by atoms with Crippen molar-refractivity contribution in [2.24, 2.45) is 5.14 Å². The van der Waals surface area contributed by atoms with Gasteiger partial charge in [0.1, 0.15) is 4.32 Å². The molecule has 0 unspecified atom stereocenters. The molecule has 0 aliphatic carbocycles. The molecule has 8 nitrogen and oxygen atoms in total. The van der Waals surface area contributed by atoms with Gasteiger partial charge < -0.3 is 15.1 Å². The molecule has 2 heterocycles. The van der Waals surface area contributed by atoms with Crippen molar-refractivity contribution in [1.29, 1.82) is 0 Å². The van der Waals surface area contributed by atoms with Crippen LogP contribution in [0.4, 0.5) is 10.8 Å². The third-order valence-electron chi connectivity index (χ3n) is 4.92. The predicted molar refractivity (Wildman–Crippen MR) is 135 cm³/mol. The number of anilines is 2. The number of nitrogens with one attached hydrogen (secondary N) is 1. The highest BCUT2D eigenvalue weighted by Gasteiger charge is 2.20. The van der Waals surface area contributed by atoms with Crippen molar-refractivity contribution in [2.45, 2.75) is 4.90 Å². The van der Waals surface area contributed by atoms with Crippen molar-refractivity contribution in [3.05, 3.63) is 48.5 Å². The minimum atomic E-state index is -3.79. The summed E-state index contributed by atoms with van der Waals surface area (Å²) in [6, 6.07) is 14.7. The molecular formula is C20H21N5O3S4. The number of benzene rings is 2. The molecule has 0 radical (unpaired) electrons. The van der Waals surface area contributed by atoms with Crippen molar-refractivity contribution < 1.29 is 13.2 Å². The van der Waals surface area contributed by atoms with E-state index in [9.17, 15) is 13.2 Å². The van der Waals surface area contributed by atoms with Gasteiger partial charge in [-0.3, -0.25) is 4.79 Å². The summed E-state index contributed by atoms with van der Waals surface area (Å²) in [5, 5.41) is 8.33. The minimum absolute atomic E-state index is 0.0137. The fraction of sp³-hybridized carbons (Fsp3) is 0.250. The molecule has 3 aromatic rings. The summed E-state index contributed by atoms with van der Waals surface area (Å²) < 4.78 is 24.3. The SMILES string of the molecule is NS(=O)(=O)c1ccc2nc(NC(=O)CSC(=S)N3CCN(c4ccccc4)CC3)sc2c1. The number of primary sulfonamides is 1. The minimum Gasteiger partial charge on any atom is -0.368 e. The van der Waals surface area contributed by atoms with Crippen molar-refractivity contribution in [1.82, 2.24) is 9.88 Å². The Labute approximate surface area is 199 Å². The lowest BCUT2D eigenvalue weighted by Gasteiger charge is -2.37. The first kappa shape index (κ1) is 22.9. The van der Waals surface area contributed by atoms with E-state index in [2.05, 4.69) is 32.2 Å². The van der Waals surface area contributed by atoms with E-state index < -0.39 is 10.0 Å². The van der Waals surface area contributed by atoms with Gasteiger partial charge in [0.25, 0.3) is 0 Å². The lowest BCUT2D eigenvalue weighted by atomic mass is 10.2. The number of carbonyl (C=O) groups is 1. The van der Waals surface area contributed by atoms with Crippen LogP contribution in [-0.4, -0.2) is 60.5 Å². The maximum atomic E-state index is 12.4. The third-order valence-corrected chi connectivity index (χ3v) is 8.29. The number of sulfonamides is 1. The molecule has 0 spiro atoms. The molecule has 4 rings (SSSR count). The second-order valence-corrected chi connectivity index (χ2v) is 11.3. The van der Waals surface area contributed by atoms with Gasteiger partial charge in [0.05, 0.1) is 20.9 Å². The Kier molecular flexibility index (Phi) is 6.96. The molecule has 1 fully saturated rings. The summed E-state index contributed by atoms with van der Waals surface area (Å²) in [5.41, 5.74) is 1.80. The van der Waals surface area contributed by atoms with E-state index in [4.69, 9.17) is 17.4 Å². The number of thioether (sulfide) groups is 1. The van der Waals surface area contributed by atoms with Crippen LogP contribution in [0.15, 0.2) is 53.4 Å². The first-order chi connectivity index (χ1) is 15.3. The summed E-state index contributed by atoms with van der Waals surface area (Å²) in [7, 11) is -3.79. The van der Waals surface area contributed by atoms with Crippen molar-refractivity contribution in [3.8, 4) is 0 Å². The molecule has 1 aliphatic heterocycles. The number of aromatic nitrogens is 1. The molecule has 2 aromatic carbocycles. The van der Waals surface area contributed by atoms with Gasteiger partial charge in [-0.15, -0.1) is 0 Å². The van der Waals surface area contributed by atoms with E-state index in [1.54, 1.807) is 6.07 Å². The predicted octanol–water partition coefficient (Wildman–Crippen LogP) is 2.72. The number of hydrogen-bond donors (Lipinski definition) is 2. The van der Waals surface area contributed by atoms with Gasteiger partial charge in [-0.2, -0.15) is 0 Å². The van der Waals surface area contributed by atoms with Crippen LogP contribution in [0.2, 0.25) is 0 Å². The van der Waals surface area contributed by atoms with Gasteiger partial charge in [0.15, 0.2) is 5.13 Å². The summed E-state index contributed by atoms with van der Waals surface area (Å²) in [4.78, 5) is 21.2. The zero-order valence-electron chi connectivity index (χ0n) is 16.9. The average Bonchev–Trinajstić information content (AvgIpc) is 3.19. The topological polar surface area (TPSA) is 109 Å². The van der Waals surface area contributed by atoms with Crippen LogP contribution >= 0.6 is 35.3 Å². The molecule has 1 aromatic heterocycles. The van der Waals surface area contributed by atoms with Crippen LogP contribution in [0.5, 0.6) is 0 Å². The number of carbonyl (C=O) groups excluding carboxylic acids is 1. The second kappa shape index (κ2) is 9.71. The molecule has 1 aliphatic rings. The highest BCUT2D eigenvalue weighted by Crippen LogP contribution is 2.28. The number of fused-ring (bicyclic) bond motifs is 1. The Morgan fingerprint density at radius 3 is 2.56 bits per heavy atom. The van der Waals surface area contributed by atoms with E-state index in [0.29, 0.717) is 19.7 Å². The second-order valence-electron chi connectivity index (χ2n) is 7.11. The van der Waals surface area contributed by atoms with E-state index in [-0.39, 0.29) is 16.6 Å². The van der Waals surface area contributed by atoms with Crippen molar-refractivity contribution in [3.63, 3.8) is 0 Å². The molecule has 32 heavy (non-hydrogen) atoms. The van der Waals surface area contributed by atoms with Gasteiger partial charge in [0, 0.05) is 31.9 Å². The van der Waals surface area contributed by atoms with Crippen LogP contribution in [0.3, 0.4) is 0 Å². The number of piperazine rings is 1. The maximum Gasteiger partial charge on any atom is 0.238 e. The van der Waals surface area contributed by atoms with Crippen LogP contribution in [0.1, 0.15) is 0 Å². The maximum absolute atomic E-state index is 12.4. The normalized spacial score (nSPS) is 14.5. The van der Waals surface area contributed by atoms with Gasteiger partial charge in [-0.25, -0.2) is 18.5 Å². The lowest BCUT2D eigenvalue weighted by molar-refractivity contribution is -0.113. The monoisotopic (exact) mass is 507 g/mol.